The summed E-state index contributed by atoms with van der Waals surface area (Å²) in [6.07, 6.45) is 0.957. The van der Waals surface area contributed by atoms with E-state index < -0.39 is 0 Å². The van der Waals surface area contributed by atoms with Gasteiger partial charge in [0, 0.05) is 32.1 Å². The first-order valence-corrected chi connectivity index (χ1v) is 9.13. The van der Waals surface area contributed by atoms with Crippen LogP contribution >= 0.6 is 0 Å². The van der Waals surface area contributed by atoms with Gasteiger partial charge < -0.3 is 19.0 Å². The quantitative estimate of drug-likeness (QED) is 0.820. The summed E-state index contributed by atoms with van der Waals surface area (Å²) in [5, 5.41) is 8.47. The molecular formula is C19H24N4O3. The van der Waals surface area contributed by atoms with Gasteiger partial charge in [0.05, 0.1) is 18.4 Å². The van der Waals surface area contributed by atoms with Crippen LogP contribution in [0.25, 0.3) is 0 Å². The second kappa shape index (κ2) is 7.07. The first-order chi connectivity index (χ1) is 12.6. The Morgan fingerprint density at radius 2 is 2.00 bits per heavy atom. The average molecular weight is 356 g/mol. The highest BCUT2D eigenvalue weighted by Crippen LogP contribution is 2.27. The van der Waals surface area contributed by atoms with Crippen LogP contribution in [0.15, 0.2) is 28.7 Å². The third-order valence-corrected chi connectivity index (χ3v) is 5.19. The summed E-state index contributed by atoms with van der Waals surface area (Å²) < 4.78 is 11.6. The van der Waals surface area contributed by atoms with Crippen LogP contribution in [0.5, 0.6) is 0 Å². The third-order valence-electron chi connectivity index (χ3n) is 5.19. The van der Waals surface area contributed by atoms with E-state index in [-0.39, 0.29) is 12.0 Å². The zero-order valence-electron chi connectivity index (χ0n) is 15.2. The van der Waals surface area contributed by atoms with E-state index in [1.54, 1.807) is 6.07 Å². The molecule has 2 aromatic rings. The average Bonchev–Trinajstić information content (AvgIpc) is 2.97. The fraction of sp³-hybridized carbons (Fsp3) is 0.526. The molecule has 7 heteroatoms. The number of ether oxygens (including phenoxy) is 1. The van der Waals surface area contributed by atoms with Gasteiger partial charge in [0.25, 0.3) is 5.91 Å². The van der Waals surface area contributed by atoms with Gasteiger partial charge in [-0.25, -0.2) is 0 Å². The van der Waals surface area contributed by atoms with E-state index in [0.717, 1.165) is 43.3 Å². The molecule has 4 heterocycles. The fourth-order valence-electron chi connectivity index (χ4n) is 3.71. The van der Waals surface area contributed by atoms with Crippen molar-refractivity contribution in [2.75, 3.05) is 37.7 Å². The predicted octanol–water partition coefficient (Wildman–Crippen LogP) is 2.05. The molecule has 138 valence electrons. The van der Waals surface area contributed by atoms with E-state index in [9.17, 15) is 4.79 Å². The molecule has 1 amide bonds. The van der Waals surface area contributed by atoms with Crippen LogP contribution in [-0.2, 0) is 4.74 Å². The van der Waals surface area contributed by atoms with Gasteiger partial charge in [0.15, 0.2) is 11.6 Å². The normalized spacial score (nSPS) is 23.5. The zero-order valence-corrected chi connectivity index (χ0v) is 15.2. The second-order valence-corrected chi connectivity index (χ2v) is 7.10. The number of carbonyl (C=O) groups is 1. The van der Waals surface area contributed by atoms with Crippen LogP contribution in [0.4, 0.5) is 5.82 Å². The molecule has 2 aliphatic heterocycles. The largest absolute Gasteiger partial charge is 0.456 e. The van der Waals surface area contributed by atoms with Crippen LogP contribution in [0, 0.1) is 19.8 Å². The van der Waals surface area contributed by atoms with Crippen molar-refractivity contribution in [3.8, 4) is 0 Å². The molecule has 2 fully saturated rings. The Balaban J connectivity index is 1.43. The number of furan rings is 1. The molecule has 4 rings (SSSR count). The van der Waals surface area contributed by atoms with Crippen LogP contribution in [0.1, 0.15) is 28.4 Å². The molecular weight excluding hydrogens is 332 g/mol. The number of hydrogen-bond acceptors (Lipinski definition) is 6. The Morgan fingerprint density at radius 1 is 1.12 bits per heavy atom. The lowest BCUT2D eigenvalue weighted by Crippen LogP contribution is -2.49. The molecule has 2 aliphatic rings. The van der Waals surface area contributed by atoms with Crippen molar-refractivity contribution in [1.82, 2.24) is 15.1 Å². The summed E-state index contributed by atoms with van der Waals surface area (Å²) in [4.78, 5) is 16.7. The minimum atomic E-state index is -0.0503. The highest BCUT2D eigenvalue weighted by molar-refractivity contribution is 5.91. The highest BCUT2D eigenvalue weighted by Gasteiger charge is 2.36. The van der Waals surface area contributed by atoms with Crippen molar-refractivity contribution in [3.63, 3.8) is 0 Å². The molecule has 2 saturated heterocycles. The Hall–Kier alpha value is -2.41. The van der Waals surface area contributed by atoms with E-state index in [2.05, 4.69) is 15.1 Å². The number of carbonyl (C=O) groups excluding carboxylic acids is 1. The molecule has 2 atom stereocenters. The fourth-order valence-corrected chi connectivity index (χ4v) is 3.71. The molecule has 0 spiro atoms. The predicted molar refractivity (Wildman–Crippen MR) is 96.2 cm³/mol. The lowest BCUT2D eigenvalue weighted by atomic mass is 9.93. The number of amides is 1. The number of aryl methyl sites for hydroxylation is 2. The third kappa shape index (κ3) is 3.44. The van der Waals surface area contributed by atoms with E-state index in [1.165, 1.54) is 0 Å². The number of fused-ring (bicyclic) bond motifs is 1. The Labute approximate surface area is 152 Å². The number of likely N-dealkylation sites (tertiary alicyclic amines) is 1. The maximum absolute atomic E-state index is 12.6. The van der Waals surface area contributed by atoms with E-state index in [1.807, 2.05) is 36.9 Å². The lowest BCUT2D eigenvalue weighted by Gasteiger charge is -2.37. The van der Waals surface area contributed by atoms with Gasteiger partial charge >= 0.3 is 0 Å². The molecule has 0 aromatic carbocycles. The van der Waals surface area contributed by atoms with Crippen molar-refractivity contribution in [1.29, 1.82) is 0 Å². The first kappa shape index (κ1) is 17.0. The van der Waals surface area contributed by atoms with E-state index in [0.29, 0.717) is 24.8 Å². The number of piperidine rings is 1. The molecule has 0 unspecified atom stereocenters. The smallest absolute Gasteiger partial charge is 0.289 e. The van der Waals surface area contributed by atoms with Crippen LogP contribution < -0.4 is 4.90 Å². The molecule has 7 nitrogen and oxygen atoms in total. The van der Waals surface area contributed by atoms with Crippen molar-refractivity contribution < 1.29 is 13.9 Å². The van der Waals surface area contributed by atoms with Crippen LogP contribution in [0.3, 0.4) is 0 Å². The van der Waals surface area contributed by atoms with E-state index >= 15 is 0 Å². The molecule has 0 N–H and O–H groups in total. The number of rotatable bonds is 2. The van der Waals surface area contributed by atoms with Crippen molar-refractivity contribution in [2.24, 2.45) is 5.92 Å². The van der Waals surface area contributed by atoms with Gasteiger partial charge in [-0.05, 0) is 44.5 Å². The van der Waals surface area contributed by atoms with Gasteiger partial charge in [-0.2, -0.15) is 5.10 Å². The van der Waals surface area contributed by atoms with Gasteiger partial charge in [0.2, 0.25) is 0 Å². The number of hydrogen-bond donors (Lipinski definition) is 0. The van der Waals surface area contributed by atoms with Gasteiger partial charge in [-0.1, -0.05) is 0 Å². The summed E-state index contributed by atoms with van der Waals surface area (Å²) in [6, 6.07) is 7.57. The second-order valence-electron chi connectivity index (χ2n) is 7.10. The number of aromatic nitrogens is 2. The van der Waals surface area contributed by atoms with E-state index in [4.69, 9.17) is 9.15 Å². The summed E-state index contributed by atoms with van der Waals surface area (Å²) in [6.45, 7) is 7.40. The minimum Gasteiger partial charge on any atom is -0.456 e. The van der Waals surface area contributed by atoms with Crippen molar-refractivity contribution in [2.45, 2.75) is 26.4 Å². The van der Waals surface area contributed by atoms with Gasteiger partial charge in [-0.3, -0.25) is 4.79 Å². The SMILES string of the molecule is Cc1ccc(N2CCO[C@H]3CN(C(=O)c4ccc(C)o4)CC[C@H]3C2)nn1. The summed E-state index contributed by atoms with van der Waals surface area (Å²) in [5.41, 5.74) is 0.915. The Morgan fingerprint density at radius 3 is 2.73 bits per heavy atom. The molecule has 0 saturated carbocycles. The molecule has 26 heavy (non-hydrogen) atoms. The van der Waals surface area contributed by atoms with Gasteiger partial charge in [0.1, 0.15) is 5.76 Å². The molecule has 0 bridgehead atoms. The molecule has 2 aromatic heterocycles. The van der Waals surface area contributed by atoms with Crippen molar-refractivity contribution in [3.05, 3.63) is 41.5 Å². The minimum absolute atomic E-state index is 0.0483. The van der Waals surface area contributed by atoms with Crippen LogP contribution in [0.2, 0.25) is 0 Å². The molecule has 0 aliphatic carbocycles. The Kier molecular flexibility index (Phi) is 4.63. The topological polar surface area (TPSA) is 71.7 Å². The van der Waals surface area contributed by atoms with Crippen LogP contribution in [-0.4, -0.2) is 59.9 Å². The van der Waals surface area contributed by atoms with Gasteiger partial charge in [-0.15, -0.1) is 5.10 Å². The Bertz CT molecular complexity index is 773. The highest BCUT2D eigenvalue weighted by atomic mass is 16.5. The molecule has 0 radical (unpaired) electrons. The monoisotopic (exact) mass is 356 g/mol. The number of anilines is 1. The maximum Gasteiger partial charge on any atom is 0.289 e. The van der Waals surface area contributed by atoms with Crippen molar-refractivity contribution >= 4 is 11.7 Å². The standard InChI is InChI=1S/C19H24N4O3/c1-13-3-6-18(21-20-13)22-9-10-25-17-12-23(8-7-15(17)11-22)19(24)16-5-4-14(2)26-16/h3-6,15,17H,7-12H2,1-2H3/t15-,17-/m0/s1. The summed E-state index contributed by atoms with van der Waals surface area (Å²) >= 11 is 0. The maximum atomic E-state index is 12.6. The summed E-state index contributed by atoms with van der Waals surface area (Å²) in [5.74, 6) is 2.38. The summed E-state index contributed by atoms with van der Waals surface area (Å²) in [7, 11) is 0. The lowest BCUT2D eigenvalue weighted by molar-refractivity contribution is -0.0177. The first-order valence-electron chi connectivity index (χ1n) is 9.13. The number of nitrogens with zero attached hydrogens (tertiary/aromatic N) is 4. The zero-order chi connectivity index (χ0) is 18.1.